The number of benzene rings is 1. The van der Waals surface area contributed by atoms with Crippen LogP contribution in [-0.2, 0) is 0 Å². The van der Waals surface area contributed by atoms with Crippen molar-refractivity contribution in [2.75, 3.05) is 0 Å². The second-order valence-corrected chi connectivity index (χ2v) is 5.84. The van der Waals surface area contributed by atoms with Gasteiger partial charge in [0.15, 0.2) is 0 Å². The zero-order valence-electron chi connectivity index (χ0n) is 11.3. The molecule has 0 radical (unpaired) electrons. The highest BCUT2D eigenvalue weighted by atomic mass is 79.9. The van der Waals surface area contributed by atoms with E-state index in [0.717, 1.165) is 17.3 Å². The van der Waals surface area contributed by atoms with Crippen LogP contribution in [0.25, 0.3) is 0 Å². The standard InChI is InChI=1S/C15H23BrFN/c1-3-5-6-11(4-2)9-15(18)13-8-7-12(16)10-14(13)17/h7-8,10-11,15H,3-6,9,18H2,1-2H3. The minimum absolute atomic E-state index is 0.195. The van der Waals surface area contributed by atoms with Gasteiger partial charge in [-0.25, -0.2) is 4.39 Å². The van der Waals surface area contributed by atoms with E-state index in [1.54, 1.807) is 6.07 Å². The van der Waals surface area contributed by atoms with Crippen molar-refractivity contribution in [2.24, 2.45) is 11.7 Å². The smallest absolute Gasteiger partial charge is 0.129 e. The lowest BCUT2D eigenvalue weighted by molar-refractivity contribution is 0.383. The molecular weight excluding hydrogens is 293 g/mol. The van der Waals surface area contributed by atoms with Gasteiger partial charge in [-0.3, -0.25) is 0 Å². The summed E-state index contributed by atoms with van der Waals surface area (Å²) in [5.74, 6) is 0.394. The molecule has 0 saturated heterocycles. The van der Waals surface area contributed by atoms with Crippen LogP contribution >= 0.6 is 15.9 Å². The molecule has 1 rings (SSSR count). The molecule has 1 aromatic carbocycles. The fourth-order valence-electron chi connectivity index (χ4n) is 2.27. The topological polar surface area (TPSA) is 26.0 Å². The van der Waals surface area contributed by atoms with Crippen molar-refractivity contribution in [2.45, 2.75) is 52.0 Å². The number of halogens is 2. The quantitative estimate of drug-likeness (QED) is 0.735. The third-order valence-corrected chi connectivity index (χ3v) is 3.99. The summed E-state index contributed by atoms with van der Waals surface area (Å²) in [7, 11) is 0. The van der Waals surface area contributed by atoms with E-state index < -0.39 is 0 Å². The van der Waals surface area contributed by atoms with E-state index in [1.165, 1.54) is 25.3 Å². The predicted molar refractivity (Wildman–Crippen MR) is 79.0 cm³/mol. The van der Waals surface area contributed by atoms with Crippen LogP contribution in [0.3, 0.4) is 0 Å². The fraction of sp³-hybridized carbons (Fsp3) is 0.600. The molecule has 102 valence electrons. The average molecular weight is 316 g/mol. The Hall–Kier alpha value is -0.410. The van der Waals surface area contributed by atoms with Crippen molar-refractivity contribution in [1.29, 1.82) is 0 Å². The maximum atomic E-state index is 13.8. The molecular formula is C15H23BrFN. The number of unbranched alkanes of at least 4 members (excludes halogenated alkanes) is 1. The van der Waals surface area contributed by atoms with Crippen LogP contribution in [0.2, 0.25) is 0 Å². The molecule has 18 heavy (non-hydrogen) atoms. The first-order valence-electron chi connectivity index (χ1n) is 6.79. The molecule has 1 aromatic rings. The maximum Gasteiger partial charge on any atom is 0.129 e. The Morgan fingerprint density at radius 2 is 2.06 bits per heavy atom. The summed E-state index contributed by atoms with van der Waals surface area (Å²) >= 11 is 3.26. The van der Waals surface area contributed by atoms with Crippen molar-refractivity contribution in [1.82, 2.24) is 0 Å². The molecule has 0 aromatic heterocycles. The zero-order chi connectivity index (χ0) is 13.5. The monoisotopic (exact) mass is 315 g/mol. The van der Waals surface area contributed by atoms with Gasteiger partial charge in [0, 0.05) is 16.1 Å². The Morgan fingerprint density at radius 1 is 1.33 bits per heavy atom. The van der Waals surface area contributed by atoms with Gasteiger partial charge in [-0.05, 0) is 24.5 Å². The van der Waals surface area contributed by atoms with Crippen LogP contribution in [0.1, 0.15) is 57.6 Å². The lowest BCUT2D eigenvalue weighted by Gasteiger charge is -2.20. The van der Waals surface area contributed by atoms with Crippen molar-refractivity contribution >= 4 is 15.9 Å². The van der Waals surface area contributed by atoms with Gasteiger partial charge in [0.2, 0.25) is 0 Å². The Morgan fingerprint density at radius 3 is 2.61 bits per heavy atom. The molecule has 0 spiro atoms. The molecule has 0 aliphatic rings. The summed E-state index contributed by atoms with van der Waals surface area (Å²) in [4.78, 5) is 0. The van der Waals surface area contributed by atoms with Crippen LogP contribution in [0.4, 0.5) is 4.39 Å². The van der Waals surface area contributed by atoms with Crippen molar-refractivity contribution in [3.63, 3.8) is 0 Å². The molecule has 0 heterocycles. The maximum absolute atomic E-state index is 13.8. The van der Waals surface area contributed by atoms with E-state index in [-0.39, 0.29) is 11.9 Å². The third kappa shape index (κ3) is 4.69. The highest BCUT2D eigenvalue weighted by Crippen LogP contribution is 2.27. The lowest BCUT2D eigenvalue weighted by atomic mass is 9.89. The minimum Gasteiger partial charge on any atom is -0.324 e. The van der Waals surface area contributed by atoms with Crippen LogP contribution in [0, 0.1) is 11.7 Å². The van der Waals surface area contributed by atoms with Gasteiger partial charge in [0.1, 0.15) is 5.82 Å². The highest BCUT2D eigenvalue weighted by molar-refractivity contribution is 9.10. The SMILES string of the molecule is CCCCC(CC)CC(N)c1ccc(Br)cc1F. The molecule has 1 nitrogen and oxygen atoms in total. The first kappa shape index (κ1) is 15.6. The summed E-state index contributed by atoms with van der Waals surface area (Å²) in [6, 6.07) is 4.93. The molecule has 0 bridgehead atoms. The summed E-state index contributed by atoms with van der Waals surface area (Å²) in [5, 5.41) is 0. The Labute approximate surface area is 118 Å². The molecule has 3 heteroatoms. The van der Waals surface area contributed by atoms with Gasteiger partial charge in [-0.2, -0.15) is 0 Å². The van der Waals surface area contributed by atoms with Gasteiger partial charge in [-0.1, -0.05) is 61.5 Å². The summed E-state index contributed by atoms with van der Waals surface area (Å²) in [6.45, 7) is 4.38. The van der Waals surface area contributed by atoms with E-state index in [2.05, 4.69) is 29.8 Å². The number of hydrogen-bond donors (Lipinski definition) is 1. The van der Waals surface area contributed by atoms with Crippen molar-refractivity contribution in [3.8, 4) is 0 Å². The Kier molecular flexibility index (Phi) is 6.87. The molecule has 0 aliphatic carbocycles. The van der Waals surface area contributed by atoms with Gasteiger partial charge in [-0.15, -0.1) is 0 Å². The first-order chi connectivity index (χ1) is 8.58. The van der Waals surface area contributed by atoms with Crippen LogP contribution in [0.15, 0.2) is 22.7 Å². The molecule has 2 N–H and O–H groups in total. The van der Waals surface area contributed by atoms with Crippen LogP contribution < -0.4 is 5.73 Å². The van der Waals surface area contributed by atoms with Crippen molar-refractivity contribution < 1.29 is 4.39 Å². The second-order valence-electron chi connectivity index (χ2n) is 4.92. The van der Waals surface area contributed by atoms with Gasteiger partial charge < -0.3 is 5.73 Å². The third-order valence-electron chi connectivity index (χ3n) is 3.49. The molecule has 0 fully saturated rings. The van der Waals surface area contributed by atoms with E-state index in [0.29, 0.717) is 11.5 Å². The van der Waals surface area contributed by atoms with Gasteiger partial charge in [0.25, 0.3) is 0 Å². The fourth-order valence-corrected chi connectivity index (χ4v) is 2.60. The van der Waals surface area contributed by atoms with Crippen molar-refractivity contribution in [3.05, 3.63) is 34.1 Å². The summed E-state index contributed by atoms with van der Waals surface area (Å²) in [5.41, 5.74) is 6.77. The molecule has 0 saturated carbocycles. The van der Waals surface area contributed by atoms with E-state index in [1.807, 2.05) is 6.07 Å². The van der Waals surface area contributed by atoms with Gasteiger partial charge >= 0.3 is 0 Å². The van der Waals surface area contributed by atoms with E-state index in [4.69, 9.17) is 5.73 Å². The highest BCUT2D eigenvalue weighted by Gasteiger charge is 2.16. The zero-order valence-corrected chi connectivity index (χ0v) is 12.8. The minimum atomic E-state index is -0.206. The molecule has 0 aliphatic heterocycles. The van der Waals surface area contributed by atoms with Crippen LogP contribution in [-0.4, -0.2) is 0 Å². The number of hydrogen-bond acceptors (Lipinski definition) is 1. The van der Waals surface area contributed by atoms with E-state index >= 15 is 0 Å². The predicted octanol–water partition coefficient (Wildman–Crippen LogP) is 5.19. The first-order valence-corrected chi connectivity index (χ1v) is 7.58. The lowest BCUT2D eigenvalue weighted by Crippen LogP contribution is -2.16. The Balaban J connectivity index is 2.65. The second kappa shape index (κ2) is 7.90. The largest absolute Gasteiger partial charge is 0.324 e. The average Bonchev–Trinajstić information content (AvgIpc) is 2.34. The normalized spacial score (nSPS) is 14.5. The summed E-state index contributed by atoms with van der Waals surface area (Å²) < 4.78 is 14.6. The van der Waals surface area contributed by atoms with Gasteiger partial charge in [0.05, 0.1) is 0 Å². The molecule has 2 unspecified atom stereocenters. The molecule has 2 atom stereocenters. The summed E-state index contributed by atoms with van der Waals surface area (Å²) in [6.07, 6.45) is 5.62. The molecule has 0 amide bonds. The van der Waals surface area contributed by atoms with Crippen LogP contribution in [0.5, 0.6) is 0 Å². The number of rotatable bonds is 7. The van der Waals surface area contributed by atoms with E-state index in [9.17, 15) is 4.39 Å². The number of nitrogens with two attached hydrogens (primary N) is 1. The Bertz CT molecular complexity index is 368.